The molecule has 0 atom stereocenters. The van der Waals surface area contributed by atoms with Crippen LogP contribution in [0.2, 0.25) is 0 Å². The SMILES string of the molecule is CCCc1nc(C2(N)CCN(CC)CC2)no1. The van der Waals surface area contributed by atoms with E-state index >= 15 is 0 Å². The van der Waals surface area contributed by atoms with E-state index in [0.29, 0.717) is 11.7 Å². The lowest BCUT2D eigenvalue weighted by Gasteiger charge is -2.36. The zero-order valence-electron chi connectivity index (χ0n) is 10.8. The summed E-state index contributed by atoms with van der Waals surface area (Å²) in [6.07, 6.45) is 3.67. The fourth-order valence-electron chi connectivity index (χ4n) is 2.26. The van der Waals surface area contributed by atoms with Gasteiger partial charge in [-0.25, -0.2) is 0 Å². The van der Waals surface area contributed by atoms with Crippen molar-refractivity contribution in [1.29, 1.82) is 0 Å². The second-order valence-corrected chi connectivity index (χ2v) is 4.85. The van der Waals surface area contributed by atoms with Crippen molar-refractivity contribution in [1.82, 2.24) is 15.0 Å². The Morgan fingerprint density at radius 1 is 1.35 bits per heavy atom. The molecule has 1 saturated heterocycles. The Bertz CT molecular complexity index is 355. The van der Waals surface area contributed by atoms with Gasteiger partial charge in [0.1, 0.15) is 0 Å². The van der Waals surface area contributed by atoms with Crippen LogP contribution in [0, 0.1) is 0 Å². The second-order valence-electron chi connectivity index (χ2n) is 4.85. The molecule has 5 heteroatoms. The van der Waals surface area contributed by atoms with Crippen LogP contribution in [0.25, 0.3) is 0 Å². The third-order valence-corrected chi connectivity index (χ3v) is 3.57. The van der Waals surface area contributed by atoms with Crippen LogP contribution in [-0.4, -0.2) is 34.7 Å². The molecule has 5 nitrogen and oxygen atoms in total. The van der Waals surface area contributed by atoms with Crippen molar-refractivity contribution < 1.29 is 4.52 Å². The van der Waals surface area contributed by atoms with Crippen LogP contribution in [-0.2, 0) is 12.0 Å². The van der Waals surface area contributed by atoms with E-state index in [1.165, 1.54) is 0 Å². The summed E-state index contributed by atoms with van der Waals surface area (Å²) in [6, 6.07) is 0. The van der Waals surface area contributed by atoms with Crippen LogP contribution in [0.3, 0.4) is 0 Å². The van der Waals surface area contributed by atoms with Crippen molar-refractivity contribution in [2.75, 3.05) is 19.6 Å². The van der Waals surface area contributed by atoms with Gasteiger partial charge >= 0.3 is 0 Å². The average molecular weight is 238 g/mol. The minimum atomic E-state index is -0.388. The Morgan fingerprint density at radius 3 is 2.65 bits per heavy atom. The molecule has 17 heavy (non-hydrogen) atoms. The molecule has 2 rings (SSSR count). The number of nitrogens with two attached hydrogens (primary N) is 1. The summed E-state index contributed by atoms with van der Waals surface area (Å²) >= 11 is 0. The minimum absolute atomic E-state index is 0.388. The quantitative estimate of drug-likeness (QED) is 0.856. The lowest BCUT2D eigenvalue weighted by Crippen LogP contribution is -2.48. The van der Waals surface area contributed by atoms with Gasteiger partial charge in [0.25, 0.3) is 0 Å². The highest BCUT2D eigenvalue weighted by molar-refractivity contribution is 5.06. The Labute approximate surface area is 102 Å². The van der Waals surface area contributed by atoms with Gasteiger partial charge in [-0.05, 0) is 25.8 Å². The first-order chi connectivity index (χ1) is 8.18. The maximum atomic E-state index is 6.40. The molecule has 2 N–H and O–H groups in total. The molecule has 0 aromatic carbocycles. The molecule has 0 saturated carbocycles. The molecule has 1 aromatic rings. The van der Waals surface area contributed by atoms with Crippen molar-refractivity contribution in [3.63, 3.8) is 0 Å². The van der Waals surface area contributed by atoms with Gasteiger partial charge in [-0.15, -0.1) is 0 Å². The molecule has 0 spiro atoms. The van der Waals surface area contributed by atoms with Crippen molar-refractivity contribution in [2.45, 2.75) is 45.1 Å². The largest absolute Gasteiger partial charge is 0.339 e. The van der Waals surface area contributed by atoms with Crippen LogP contribution in [0.4, 0.5) is 0 Å². The molecule has 0 unspecified atom stereocenters. The molecule has 2 heterocycles. The van der Waals surface area contributed by atoms with E-state index < -0.39 is 0 Å². The highest BCUT2D eigenvalue weighted by Gasteiger charge is 2.36. The number of piperidine rings is 1. The van der Waals surface area contributed by atoms with Gasteiger partial charge in [0.2, 0.25) is 5.89 Å². The fraction of sp³-hybridized carbons (Fsp3) is 0.833. The van der Waals surface area contributed by atoms with Gasteiger partial charge in [0.05, 0.1) is 5.54 Å². The summed E-state index contributed by atoms with van der Waals surface area (Å²) in [5, 5.41) is 4.05. The lowest BCUT2D eigenvalue weighted by atomic mass is 9.88. The van der Waals surface area contributed by atoms with Gasteiger partial charge in [-0.2, -0.15) is 4.98 Å². The summed E-state index contributed by atoms with van der Waals surface area (Å²) in [5.74, 6) is 1.40. The Kier molecular flexibility index (Phi) is 3.79. The normalized spacial score (nSPS) is 20.6. The van der Waals surface area contributed by atoms with Gasteiger partial charge < -0.3 is 15.2 Å². The first kappa shape index (κ1) is 12.5. The first-order valence-electron chi connectivity index (χ1n) is 6.52. The average Bonchev–Trinajstić information content (AvgIpc) is 2.80. The van der Waals surface area contributed by atoms with E-state index in [0.717, 1.165) is 45.3 Å². The number of rotatable bonds is 4. The van der Waals surface area contributed by atoms with Crippen LogP contribution in [0.1, 0.15) is 44.8 Å². The van der Waals surface area contributed by atoms with Crippen LogP contribution in [0.15, 0.2) is 4.52 Å². The van der Waals surface area contributed by atoms with E-state index in [-0.39, 0.29) is 5.54 Å². The molecule has 1 aromatic heterocycles. The predicted octanol–water partition coefficient (Wildman–Crippen LogP) is 1.29. The van der Waals surface area contributed by atoms with E-state index in [1.807, 2.05) is 0 Å². The number of aromatic nitrogens is 2. The maximum absolute atomic E-state index is 6.40. The lowest BCUT2D eigenvalue weighted by molar-refractivity contribution is 0.160. The summed E-state index contributed by atoms with van der Waals surface area (Å²) in [6.45, 7) is 7.40. The summed E-state index contributed by atoms with van der Waals surface area (Å²) < 4.78 is 5.22. The second kappa shape index (κ2) is 5.14. The number of hydrogen-bond donors (Lipinski definition) is 1. The first-order valence-corrected chi connectivity index (χ1v) is 6.52. The van der Waals surface area contributed by atoms with E-state index in [4.69, 9.17) is 10.3 Å². The monoisotopic (exact) mass is 238 g/mol. The number of aryl methyl sites for hydroxylation is 1. The fourth-order valence-corrected chi connectivity index (χ4v) is 2.26. The van der Waals surface area contributed by atoms with E-state index in [9.17, 15) is 0 Å². The van der Waals surface area contributed by atoms with Crippen molar-refractivity contribution in [3.8, 4) is 0 Å². The Hall–Kier alpha value is -0.940. The van der Waals surface area contributed by atoms with Crippen molar-refractivity contribution in [3.05, 3.63) is 11.7 Å². The molecule has 0 aliphatic carbocycles. The minimum Gasteiger partial charge on any atom is -0.339 e. The van der Waals surface area contributed by atoms with E-state index in [1.54, 1.807) is 0 Å². The summed E-state index contributed by atoms with van der Waals surface area (Å²) in [4.78, 5) is 6.83. The standard InChI is InChI=1S/C12H22N4O/c1-3-5-10-14-11(15-17-10)12(13)6-8-16(4-2)9-7-12/h3-9,13H2,1-2H3. The molecule has 1 aliphatic heterocycles. The third-order valence-electron chi connectivity index (χ3n) is 3.57. The molecule has 1 fully saturated rings. The highest BCUT2D eigenvalue weighted by atomic mass is 16.5. The topological polar surface area (TPSA) is 68.2 Å². The van der Waals surface area contributed by atoms with Gasteiger partial charge in [0, 0.05) is 19.5 Å². The summed E-state index contributed by atoms with van der Waals surface area (Å²) in [5.41, 5.74) is 6.01. The predicted molar refractivity (Wildman–Crippen MR) is 65.5 cm³/mol. The molecule has 0 bridgehead atoms. The summed E-state index contributed by atoms with van der Waals surface area (Å²) in [7, 11) is 0. The molecule has 96 valence electrons. The Morgan fingerprint density at radius 2 is 2.06 bits per heavy atom. The van der Waals surface area contributed by atoms with Gasteiger partial charge in [-0.3, -0.25) is 0 Å². The number of nitrogens with zero attached hydrogens (tertiary/aromatic N) is 3. The molecular weight excluding hydrogens is 216 g/mol. The highest BCUT2D eigenvalue weighted by Crippen LogP contribution is 2.28. The van der Waals surface area contributed by atoms with Crippen LogP contribution >= 0.6 is 0 Å². The Balaban J connectivity index is 2.05. The maximum Gasteiger partial charge on any atom is 0.226 e. The molecule has 0 radical (unpaired) electrons. The van der Waals surface area contributed by atoms with E-state index in [2.05, 4.69) is 28.9 Å². The van der Waals surface area contributed by atoms with Gasteiger partial charge in [-0.1, -0.05) is 19.0 Å². The molecule has 1 aliphatic rings. The zero-order chi connectivity index (χ0) is 12.3. The number of likely N-dealkylation sites (tertiary alicyclic amines) is 1. The van der Waals surface area contributed by atoms with Gasteiger partial charge in [0.15, 0.2) is 5.82 Å². The van der Waals surface area contributed by atoms with Crippen molar-refractivity contribution >= 4 is 0 Å². The number of hydrogen-bond acceptors (Lipinski definition) is 5. The van der Waals surface area contributed by atoms with Crippen LogP contribution in [0.5, 0.6) is 0 Å². The van der Waals surface area contributed by atoms with Crippen LogP contribution < -0.4 is 5.73 Å². The van der Waals surface area contributed by atoms with Crippen molar-refractivity contribution in [2.24, 2.45) is 5.73 Å². The molecule has 0 amide bonds. The molecular formula is C12H22N4O. The smallest absolute Gasteiger partial charge is 0.226 e. The zero-order valence-corrected chi connectivity index (χ0v) is 10.8. The third kappa shape index (κ3) is 2.66.